The Kier molecular flexibility index (Phi) is 10.5. The molecule has 30 heavy (non-hydrogen) atoms. The molecule has 0 radical (unpaired) electrons. The molecule has 0 aliphatic heterocycles. The summed E-state index contributed by atoms with van der Waals surface area (Å²) in [6, 6.07) is 7.41. The lowest BCUT2D eigenvalue weighted by molar-refractivity contribution is -0.139. The topological polar surface area (TPSA) is 77.0 Å². The van der Waals surface area contributed by atoms with Crippen LogP contribution in [-0.2, 0) is 6.18 Å². The Balaban J connectivity index is 0.00000450. The Bertz CT molecular complexity index is 835. The molecule has 1 aromatic heterocycles. The third-order valence-electron chi connectivity index (χ3n) is 3.67. The van der Waals surface area contributed by atoms with Crippen LogP contribution in [0.25, 0.3) is 0 Å². The summed E-state index contributed by atoms with van der Waals surface area (Å²) in [5, 5.41) is 6.14. The fraction of sp³-hybridized carbons (Fsp3) is 0.368. The Hall–Kier alpha value is -2.44. The fourth-order valence-electron chi connectivity index (χ4n) is 2.38. The zero-order chi connectivity index (χ0) is 21.3. The molecule has 2 aromatic rings. The Morgan fingerprint density at radius 3 is 2.50 bits per heavy atom. The second-order valence-electron chi connectivity index (χ2n) is 5.66. The van der Waals surface area contributed by atoms with E-state index in [1.807, 2.05) is 6.92 Å². The van der Waals surface area contributed by atoms with E-state index in [-0.39, 0.29) is 37.1 Å². The largest absolute Gasteiger partial charge is 0.493 e. The quantitative estimate of drug-likeness (QED) is 0.227. The maximum atomic E-state index is 13.0. The first-order valence-corrected chi connectivity index (χ1v) is 8.81. The van der Waals surface area contributed by atoms with Crippen molar-refractivity contribution in [1.29, 1.82) is 0 Å². The van der Waals surface area contributed by atoms with E-state index in [2.05, 4.69) is 20.6 Å². The summed E-state index contributed by atoms with van der Waals surface area (Å²) >= 11 is 0. The van der Waals surface area contributed by atoms with E-state index >= 15 is 0 Å². The summed E-state index contributed by atoms with van der Waals surface area (Å²) < 4.78 is 54.5. The van der Waals surface area contributed by atoms with Crippen LogP contribution >= 0.6 is 24.0 Å². The number of halogens is 4. The number of pyridine rings is 1. The smallest absolute Gasteiger partial charge is 0.421 e. The number of anilines is 1. The number of hydrogen-bond acceptors (Lipinski definition) is 5. The molecule has 0 unspecified atom stereocenters. The molecule has 0 bridgehead atoms. The van der Waals surface area contributed by atoms with E-state index in [4.69, 9.17) is 14.2 Å². The van der Waals surface area contributed by atoms with Gasteiger partial charge < -0.3 is 24.8 Å². The highest BCUT2D eigenvalue weighted by molar-refractivity contribution is 14.0. The number of benzene rings is 1. The molecule has 0 aliphatic carbocycles. The third-order valence-corrected chi connectivity index (χ3v) is 3.67. The standard InChI is InChI=1S/C19H23F3N4O3.HI/c1-4-23-18(26-13-7-8-15(27-2)16(12-13)28-3)25-10-11-29-17-14(19(20,21)22)6-5-9-24-17;/h5-9,12H,4,10-11H2,1-3H3,(H2,23,25,26);1H. The fourth-order valence-corrected chi connectivity index (χ4v) is 2.38. The molecule has 0 aliphatic rings. The van der Waals surface area contributed by atoms with E-state index in [1.54, 1.807) is 25.3 Å². The molecular formula is C19H24F3IN4O3. The molecule has 0 saturated heterocycles. The van der Waals surface area contributed by atoms with Crippen molar-refractivity contribution in [1.82, 2.24) is 10.3 Å². The summed E-state index contributed by atoms with van der Waals surface area (Å²) in [5.41, 5.74) is -0.216. The van der Waals surface area contributed by atoms with Gasteiger partial charge in [-0.05, 0) is 31.2 Å². The number of nitrogens with zero attached hydrogens (tertiary/aromatic N) is 2. The van der Waals surface area contributed by atoms with E-state index in [0.29, 0.717) is 29.7 Å². The Labute approximate surface area is 190 Å². The zero-order valence-electron chi connectivity index (χ0n) is 16.7. The van der Waals surface area contributed by atoms with Crippen LogP contribution in [0.5, 0.6) is 17.4 Å². The van der Waals surface area contributed by atoms with Gasteiger partial charge in [0, 0.05) is 24.5 Å². The molecule has 0 saturated carbocycles. The number of methoxy groups -OCH3 is 2. The average Bonchev–Trinajstić information content (AvgIpc) is 2.70. The van der Waals surface area contributed by atoms with Crippen LogP contribution in [-0.4, -0.2) is 44.9 Å². The predicted molar refractivity (Wildman–Crippen MR) is 119 cm³/mol. The number of ether oxygens (including phenoxy) is 3. The van der Waals surface area contributed by atoms with Crippen molar-refractivity contribution < 1.29 is 27.4 Å². The van der Waals surface area contributed by atoms with Gasteiger partial charge in [-0.25, -0.2) is 9.98 Å². The van der Waals surface area contributed by atoms with E-state index in [1.165, 1.54) is 19.4 Å². The molecular weight excluding hydrogens is 516 g/mol. The van der Waals surface area contributed by atoms with Gasteiger partial charge in [-0.2, -0.15) is 13.2 Å². The summed E-state index contributed by atoms with van der Waals surface area (Å²) in [7, 11) is 3.08. The minimum atomic E-state index is -4.53. The van der Waals surface area contributed by atoms with Crippen molar-refractivity contribution in [3.8, 4) is 17.4 Å². The number of aliphatic imine (C=N–C) groups is 1. The highest BCUT2D eigenvalue weighted by Crippen LogP contribution is 2.34. The molecule has 11 heteroatoms. The highest BCUT2D eigenvalue weighted by atomic mass is 127. The van der Waals surface area contributed by atoms with Crippen LogP contribution in [0.3, 0.4) is 0 Å². The number of rotatable bonds is 8. The van der Waals surface area contributed by atoms with Crippen molar-refractivity contribution in [3.63, 3.8) is 0 Å². The first kappa shape index (κ1) is 25.6. The maximum absolute atomic E-state index is 13.0. The van der Waals surface area contributed by atoms with Crippen LogP contribution in [0.1, 0.15) is 12.5 Å². The SMILES string of the molecule is CCNC(=NCCOc1ncccc1C(F)(F)F)Nc1ccc(OC)c(OC)c1.I. The van der Waals surface area contributed by atoms with Gasteiger partial charge in [0.2, 0.25) is 5.88 Å². The van der Waals surface area contributed by atoms with Crippen LogP contribution < -0.4 is 24.8 Å². The van der Waals surface area contributed by atoms with Crippen molar-refractivity contribution >= 4 is 35.6 Å². The van der Waals surface area contributed by atoms with Gasteiger partial charge in [-0.1, -0.05) is 0 Å². The first-order valence-electron chi connectivity index (χ1n) is 8.81. The normalized spacial score (nSPS) is 11.3. The summed E-state index contributed by atoms with van der Waals surface area (Å²) in [6.45, 7) is 2.54. The Morgan fingerprint density at radius 2 is 1.87 bits per heavy atom. The van der Waals surface area contributed by atoms with Crippen molar-refractivity contribution in [2.24, 2.45) is 4.99 Å². The molecule has 2 N–H and O–H groups in total. The monoisotopic (exact) mass is 540 g/mol. The lowest BCUT2D eigenvalue weighted by Gasteiger charge is -2.14. The molecule has 0 atom stereocenters. The lowest BCUT2D eigenvalue weighted by Crippen LogP contribution is -2.31. The van der Waals surface area contributed by atoms with Crippen LogP contribution in [0.2, 0.25) is 0 Å². The lowest BCUT2D eigenvalue weighted by atomic mass is 10.2. The highest BCUT2D eigenvalue weighted by Gasteiger charge is 2.34. The molecule has 166 valence electrons. The Morgan fingerprint density at radius 1 is 1.13 bits per heavy atom. The molecule has 0 fully saturated rings. The molecule has 1 aromatic carbocycles. The maximum Gasteiger partial charge on any atom is 0.421 e. The molecule has 2 rings (SSSR count). The number of guanidine groups is 1. The van der Waals surface area contributed by atoms with Crippen LogP contribution in [0.15, 0.2) is 41.5 Å². The van der Waals surface area contributed by atoms with Crippen molar-refractivity contribution in [2.45, 2.75) is 13.1 Å². The number of hydrogen-bond donors (Lipinski definition) is 2. The molecule has 1 heterocycles. The summed E-state index contributed by atoms with van der Waals surface area (Å²) in [5.74, 6) is 1.11. The predicted octanol–water partition coefficient (Wildman–Crippen LogP) is 4.19. The summed E-state index contributed by atoms with van der Waals surface area (Å²) in [4.78, 5) is 7.96. The van der Waals surface area contributed by atoms with E-state index < -0.39 is 17.6 Å². The van der Waals surface area contributed by atoms with Crippen molar-refractivity contribution in [3.05, 3.63) is 42.1 Å². The average molecular weight is 540 g/mol. The zero-order valence-corrected chi connectivity index (χ0v) is 19.1. The molecule has 0 amide bonds. The number of alkyl halides is 3. The van der Waals surface area contributed by atoms with Gasteiger partial charge >= 0.3 is 6.18 Å². The van der Waals surface area contributed by atoms with Gasteiger partial charge in [0.15, 0.2) is 17.5 Å². The minimum Gasteiger partial charge on any atom is -0.493 e. The van der Waals surface area contributed by atoms with Crippen LogP contribution in [0.4, 0.5) is 18.9 Å². The molecule has 0 spiro atoms. The second kappa shape index (κ2) is 12.3. The third kappa shape index (κ3) is 7.43. The van der Waals surface area contributed by atoms with E-state index in [0.717, 1.165) is 6.07 Å². The minimum absolute atomic E-state index is 0. The van der Waals surface area contributed by atoms with Crippen LogP contribution in [0, 0.1) is 0 Å². The van der Waals surface area contributed by atoms with Gasteiger partial charge in [0.05, 0.1) is 20.8 Å². The molecule has 7 nitrogen and oxygen atoms in total. The first-order chi connectivity index (χ1) is 13.9. The van der Waals surface area contributed by atoms with Gasteiger partial charge in [0.1, 0.15) is 12.2 Å². The summed E-state index contributed by atoms with van der Waals surface area (Å²) in [6.07, 6.45) is -3.28. The van der Waals surface area contributed by atoms with Gasteiger partial charge in [0.25, 0.3) is 0 Å². The number of nitrogens with one attached hydrogen (secondary N) is 2. The van der Waals surface area contributed by atoms with E-state index in [9.17, 15) is 13.2 Å². The van der Waals surface area contributed by atoms with Gasteiger partial charge in [-0.3, -0.25) is 0 Å². The second-order valence-corrected chi connectivity index (χ2v) is 5.66. The van der Waals surface area contributed by atoms with Crippen molar-refractivity contribution in [2.75, 3.05) is 39.2 Å². The van der Waals surface area contributed by atoms with Gasteiger partial charge in [-0.15, -0.1) is 24.0 Å². The number of aromatic nitrogens is 1.